The fraction of sp³-hybridized carbons (Fsp3) is 0.886. The number of carboxylic acid groups (broad SMARTS) is 1. The van der Waals surface area contributed by atoms with Crippen LogP contribution in [0.2, 0.25) is 0 Å². The van der Waals surface area contributed by atoms with Gasteiger partial charge in [-0.2, -0.15) is 0 Å². The molecule has 3 N–H and O–H groups in total. The predicted octanol–water partition coefficient (Wildman–Crippen LogP) is 7.61. The standard InChI is InChI=1S/C44H82N2O12/c1-43(2,3)57-41(51)24-22-20-18-16-14-12-10-8-7-9-11-13-15-17-19-21-23-39(48)46-37(42(52)58-44(4,5)6)25-26-38(47)45-28-30-54-32-34-56-36-35-55-33-31-53-29-27-40(49)50/h37H,7-36H2,1-6H3,(H,45,47)(H,46,48)(H,49,50)/t37-/m0/s1. The van der Waals surface area contributed by atoms with Gasteiger partial charge in [0.1, 0.15) is 17.2 Å². The minimum atomic E-state index is -0.901. The average molecular weight is 831 g/mol. The molecule has 0 aromatic heterocycles. The highest BCUT2D eigenvalue weighted by molar-refractivity contribution is 5.85. The number of ether oxygens (including phenoxy) is 6. The molecule has 0 spiro atoms. The van der Waals surface area contributed by atoms with Crippen LogP contribution >= 0.6 is 0 Å². The van der Waals surface area contributed by atoms with E-state index in [4.69, 9.17) is 33.5 Å². The molecular formula is C44H82N2O12. The molecule has 0 fully saturated rings. The summed E-state index contributed by atoms with van der Waals surface area (Å²) in [4.78, 5) is 60.2. The molecule has 0 heterocycles. The Morgan fingerprint density at radius 2 is 0.862 bits per heavy atom. The van der Waals surface area contributed by atoms with Crippen molar-refractivity contribution in [3.8, 4) is 0 Å². The molecule has 0 saturated carbocycles. The number of rotatable bonds is 39. The Balaban J connectivity index is 3.92. The number of carboxylic acids is 1. The summed E-state index contributed by atoms with van der Waals surface area (Å²) in [6.45, 7) is 14.0. The zero-order valence-electron chi connectivity index (χ0n) is 37.2. The Hall–Kier alpha value is -2.81. The smallest absolute Gasteiger partial charge is 0.329 e. The van der Waals surface area contributed by atoms with Crippen LogP contribution in [0.25, 0.3) is 0 Å². The number of hydrogen-bond donors (Lipinski definition) is 3. The maximum Gasteiger partial charge on any atom is 0.329 e. The van der Waals surface area contributed by atoms with Crippen molar-refractivity contribution in [3.63, 3.8) is 0 Å². The summed E-state index contributed by atoms with van der Waals surface area (Å²) in [7, 11) is 0. The average Bonchev–Trinajstić information content (AvgIpc) is 3.12. The zero-order chi connectivity index (χ0) is 43.3. The second-order valence-corrected chi connectivity index (χ2v) is 16.9. The lowest BCUT2D eigenvalue weighted by molar-refractivity contribution is -0.159. The van der Waals surface area contributed by atoms with Gasteiger partial charge in [-0.1, -0.05) is 89.9 Å². The van der Waals surface area contributed by atoms with Crippen molar-refractivity contribution in [2.75, 3.05) is 59.4 Å². The first kappa shape index (κ1) is 55.2. The van der Waals surface area contributed by atoms with Gasteiger partial charge in [-0.05, 0) is 60.8 Å². The number of hydrogen-bond acceptors (Lipinski definition) is 11. The fourth-order valence-corrected chi connectivity index (χ4v) is 5.86. The summed E-state index contributed by atoms with van der Waals surface area (Å²) < 4.78 is 32.2. The normalized spacial score (nSPS) is 12.2. The van der Waals surface area contributed by atoms with Gasteiger partial charge in [-0.15, -0.1) is 0 Å². The molecule has 0 aliphatic heterocycles. The lowest BCUT2D eigenvalue weighted by Crippen LogP contribution is -2.44. The van der Waals surface area contributed by atoms with Crippen molar-refractivity contribution in [2.45, 2.75) is 194 Å². The van der Waals surface area contributed by atoms with Crippen LogP contribution in [0.5, 0.6) is 0 Å². The van der Waals surface area contributed by atoms with E-state index in [1.165, 1.54) is 64.2 Å². The first-order valence-corrected chi connectivity index (χ1v) is 22.1. The van der Waals surface area contributed by atoms with Crippen molar-refractivity contribution in [3.05, 3.63) is 0 Å². The van der Waals surface area contributed by atoms with Crippen LogP contribution in [0.4, 0.5) is 0 Å². The first-order valence-electron chi connectivity index (χ1n) is 22.1. The van der Waals surface area contributed by atoms with Gasteiger partial charge in [0.25, 0.3) is 0 Å². The van der Waals surface area contributed by atoms with Gasteiger partial charge in [-0.25, -0.2) is 4.79 Å². The van der Waals surface area contributed by atoms with Gasteiger partial charge >= 0.3 is 17.9 Å². The summed E-state index contributed by atoms with van der Waals surface area (Å²) in [6, 6.07) is -0.901. The highest BCUT2D eigenvalue weighted by atomic mass is 16.6. The summed E-state index contributed by atoms with van der Waals surface area (Å²) in [5.41, 5.74) is -1.11. The van der Waals surface area contributed by atoms with Gasteiger partial charge in [0, 0.05) is 25.8 Å². The molecule has 0 bridgehead atoms. The first-order chi connectivity index (χ1) is 27.6. The summed E-state index contributed by atoms with van der Waals surface area (Å²) >= 11 is 0. The van der Waals surface area contributed by atoms with Crippen LogP contribution < -0.4 is 10.6 Å². The third-order valence-electron chi connectivity index (χ3n) is 8.79. The third-order valence-corrected chi connectivity index (χ3v) is 8.79. The van der Waals surface area contributed by atoms with Crippen molar-refractivity contribution in [2.24, 2.45) is 0 Å². The van der Waals surface area contributed by atoms with E-state index < -0.39 is 29.2 Å². The molecule has 340 valence electrons. The number of amides is 2. The van der Waals surface area contributed by atoms with E-state index in [0.717, 1.165) is 38.5 Å². The molecule has 0 saturated heterocycles. The molecule has 0 aromatic rings. The lowest BCUT2D eigenvalue weighted by Gasteiger charge is -2.24. The molecule has 14 nitrogen and oxygen atoms in total. The van der Waals surface area contributed by atoms with Gasteiger partial charge in [-0.3, -0.25) is 19.2 Å². The Bertz CT molecular complexity index is 1070. The van der Waals surface area contributed by atoms with Gasteiger partial charge in [0.2, 0.25) is 11.8 Å². The van der Waals surface area contributed by atoms with Crippen molar-refractivity contribution in [1.29, 1.82) is 0 Å². The number of carbonyl (C=O) groups is 5. The Morgan fingerprint density at radius 3 is 1.29 bits per heavy atom. The Morgan fingerprint density at radius 1 is 0.466 bits per heavy atom. The van der Waals surface area contributed by atoms with Crippen LogP contribution in [-0.4, -0.2) is 111 Å². The van der Waals surface area contributed by atoms with Gasteiger partial charge < -0.3 is 44.2 Å². The van der Waals surface area contributed by atoms with E-state index in [-0.39, 0.29) is 43.7 Å². The van der Waals surface area contributed by atoms with Crippen LogP contribution in [0, 0.1) is 0 Å². The maximum atomic E-state index is 12.9. The fourth-order valence-electron chi connectivity index (χ4n) is 5.86. The van der Waals surface area contributed by atoms with E-state index >= 15 is 0 Å². The summed E-state index contributed by atoms with van der Waals surface area (Å²) in [5.74, 6) is -1.99. The molecule has 0 unspecified atom stereocenters. The SMILES string of the molecule is CC(C)(C)OC(=O)CCCCCCCCCCCCCCCCCCC(=O)N[C@@H](CCC(=O)NCCOCCOCCOCCOCCC(=O)O)C(=O)OC(C)(C)C. The molecule has 0 radical (unpaired) electrons. The quantitative estimate of drug-likeness (QED) is 0.0408. The Labute approximate surface area is 350 Å². The summed E-state index contributed by atoms with van der Waals surface area (Å²) in [6.07, 6.45) is 19.6. The molecule has 58 heavy (non-hydrogen) atoms. The molecule has 0 rings (SSSR count). The van der Waals surface area contributed by atoms with Crippen LogP contribution in [-0.2, 0) is 52.4 Å². The summed E-state index contributed by atoms with van der Waals surface area (Å²) in [5, 5.41) is 14.1. The molecule has 2 amide bonds. The highest BCUT2D eigenvalue weighted by Gasteiger charge is 2.27. The van der Waals surface area contributed by atoms with Gasteiger partial charge in [0.15, 0.2) is 0 Å². The predicted molar refractivity (Wildman–Crippen MR) is 224 cm³/mol. The Kier molecular flexibility index (Phi) is 34.3. The third kappa shape index (κ3) is 41.4. The van der Waals surface area contributed by atoms with E-state index in [1.807, 2.05) is 20.8 Å². The highest BCUT2D eigenvalue weighted by Crippen LogP contribution is 2.16. The van der Waals surface area contributed by atoms with Gasteiger partial charge in [0.05, 0.1) is 59.3 Å². The minimum Gasteiger partial charge on any atom is -0.481 e. The molecule has 0 aliphatic carbocycles. The number of aliphatic carboxylic acids is 1. The number of unbranched alkanes of at least 4 members (excludes halogenated alkanes) is 15. The van der Waals surface area contributed by atoms with Crippen LogP contribution in [0.3, 0.4) is 0 Å². The number of esters is 2. The van der Waals surface area contributed by atoms with Crippen molar-refractivity contribution >= 4 is 29.7 Å². The van der Waals surface area contributed by atoms with Crippen LogP contribution in [0.15, 0.2) is 0 Å². The molecule has 0 aromatic carbocycles. The van der Waals surface area contributed by atoms with E-state index in [0.29, 0.717) is 65.6 Å². The largest absolute Gasteiger partial charge is 0.481 e. The number of carbonyl (C=O) groups excluding carboxylic acids is 4. The van der Waals surface area contributed by atoms with Crippen molar-refractivity contribution < 1.29 is 57.5 Å². The van der Waals surface area contributed by atoms with Crippen molar-refractivity contribution in [1.82, 2.24) is 10.6 Å². The lowest BCUT2D eigenvalue weighted by atomic mass is 10.0. The monoisotopic (exact) mass is 831 g/mol. The minimum absolute atomic E-state index is 0.0320. The van der Waals surface area contributed by atoms with E-state index in [9.17, 15) is 24.0 Å². The second kappa shape index (κ2) is 36.1. The van der Waals surface area contributed by atoms with E-state index in [2.05, 4.69) is 10.6 Å². The topological polar surface area (TPSA) is 185 Å². The second-order valence-electron chi connectivity index (χ2n) is 16.9. The number of nitrogens with one attached hydrogen (secondary N) is 2. The maximum absolute atomic E-state index is 12.9. The molecular weight excluding hydrogens is 748 g/mol. The van der Waals surface area contributed by atoms with E-state index in [1.54, 1.807) is 20.8 Å². The molecule has 0 aliphatic rings. The molecule has 14 heteroatoms. The zero-order valence-corrected chi connectivity index (χ0v) is 37.2. The van der Waals surface area contributed by atoms with Crippen LogP contribution in [0.1, 0.15) is 176 Å². The molecule has 1 atom stereocenters.